The van der Waals surface area contributed by atoms with Crippen LogP contribution in [0.3, 0.4) is 0 Å². The molecule has 0 spiro atoms. The molecule has 4 nitrogen and oxygen atoms in total. The Morgan fingerprint density at radius 2 is 2.29 bits per heavy atom. The van der Waals surface area contributed by atoms with Crippen LogP contribution in [0.4, 0.5) is 0 Å². The molecule has 1 aromatic rings. The maximum Gasteiger partial charge on any atom is 0.256 e. The summed E-state index contributed by atoms with van der Waals surface area (Å²) in [6, 6.07) is 1.33. The Bertz CT molecular complexity index is 452. The van der Waals surface area contributed by atoms with E-state index in [1.54, 1.807) is 4.57 Å². The van der Waals surface area contributed by atoms with Gasteiger partial charge in [-0.1, -0.05) is 25.4 Å². The fourth-order valence-corrected chi connectivity index (χ4v) is 1.84. The molecule has 1 saturated carbocycles. The summed E-state index contributed by atoms with van der Waals surface area (Å²) < 4.78 is 7.09. The number of hydrogen-bond donors (Lipinski definition) is 0. The van der Waals surface area contributed by atoms with Gasteiger partial charge in [-0.2, -0.15) is 0 Å². The third kappa shape index (κ3) is 3.30. The van der Waals surface area contributed by atoms with Crippen LogP contribution in [0.15, 0.2) is 10.9 Å². The minimum atomic E-state index is -0.149. The van der Waals surface area contributed by atoms with Crippen molar-refractivity contribution in [3.8, 4) is 0 Å². The fourth-order valence-electron chi connectivity index (χ4n) is 1.66. The highest BCUT2D eigenvalue weighted by atomic mass is 35.5. The number of aromatic nitrogens is 2. The SMILES string of the molecule is CC(C)c1nc(Cl)cc(=O)n1COCC1CC1. The summed E-state index contributed by atoms with van der Waals surface area (Å²) in [5.74, 6) is 1.51. The molecule has 5 heteroatoms. The van der Waals surface area contributed by atoms with Crippen molar-refractivity contribution in [2.75, 3.05) is 6.61 Å². The average Bonchev–Trinajstić information content (AvgIpc) is 3.04. The van der Waals surface area contributed by atoms with Crippen LogP contribution in [0.25, 0.3) is 0 Å². The van der Waals surface area contributed by atoms with Crippen LogP contribution in [0.5, 0.6) is 0 Å². The van der Waals surface area contributed by atoms with E-state index in [2.05, 4.69) is 4.98 Å². The van der Waals surface area contributed by atoms with E-state index in [0.717, 1.165) is 6.61 Å². The van der Waals surface area contributed by atoms with E-state index in [1.807, 2.05) is 13.8 Å². The molecule has 1 heterocycles. The molecule has 0 aromatic carbocycles. The number of rotatable bonds is 5. The largest absolute Gasteiger partial charge is 0.360 e. The van der Waals surface area contributed by atoms with Crippen LogP contribution in [0.1, 0.15) is 38.4 Å². The Labute approximate surface area is 106 Å². The van der Waals surface area contributed by atoms with Gasteiger partial charge in [-0.25, -0.2) is 4.98 Å². The zero-order valence-corrected chi connectivity index (χ0v) is 10.9. The third-order valence-electron chi connectivity index (χ3n) is 2.79. The third-order valence-corrected chi connectivity index (χ3v) is 2.99. The van der Waals surface area contributed by atoms with E-state index in [0.29, 0.717) is 11.7 Å². The van der Waals surface area contributed by atoms with Crippen molar-refractivity contribution in [2.24, 2.45) is 5.92 Å². The first-order valence-corrected chi connectivity index (χ1v) is 6.30. The van der Waals surface area contributed by atoms with Gasteiger partial charge in [-0.15, -0.1) is 0 Å². The topological polar surface area (TPSA) is 44.1 Å². The number of ether oxygens (including phenoxy) is 1. The maximum atomic E-state index is 11.8. The second-order valence-corrected chi connectivity index (χ2v) is 5.19. The summed E-state index contributed by atoms with van der Waals surface area (Å²) in [6.07, 6.45) is 2.48. The highest BCUT2D eigenvalue weighted by molar-refractivity contribution is 6.29. The Hall–Kier alpha value is -0.870. The standard InChI is InChI=1S/C12H17ClN2O2/c1-8(2)12-14-10(13)5-11(16)15(12)7-17-6-9-3-4-9/h5,8-9H,3-4,6-7H2,1-2H3. The quantitative estimate of drug-likeness (QED) is 0.760. The van der Waals surface area contributed by atoms with Gasteiger partial charge in [-0.05, 0) is 18.8 Å². The highest BCUT2D eigenvalue weighted by Crippen LogP contribution is 2.28. The molecule has 0 amide bonds. The van der Waals surface area contributed by atoms with E-state index in [1.165, 1.54) is 18.9 Å². The van der Waals surface area contributed by atoms with Crippen molar-refractivity contribution in [2.45, 2.75) is 39.3 Å². The van der Waals surface area contributed by atoms with Crippen LogP contribution in [0, 0.1) is 5.92 Å². The lowest BCUT2D eigenvalue weighted by molar-refractivity contribution is 0.0636. The monoisotopic (exact) mass is 256 g/mol. The molecular weight excluding hydrogens is 240 g/mol. The van der Waals surface area contributed by atoms with Gasteiger partial charge < -0.3 is 4.74 Å². The van der Waals surface area contributed by atoms with E-state index in [4.69, 9.17) is 16.3 Å². The molecule has 0 aliphatic heterocycles. The van der Waals surface area contributed by atoms with Gasteiger partial charge in [-0.3, -0.25) is 9.36 Å². The van der Waals surface area contributed by atoms with Crippen LogP contribution in [-0.4, -0.2) is 16.2 Å². The molecule has 2 rings (SSSR count). The second-order valence-electron chi connectivity index (χ2n) is 4.80. The molecule has 0 atom stereocenters. The number of hydrogen-bond acceptors (Lipinski definition) is 3. The van der Waals surface area contributed by atoms with E-state index < -0.39 is 0 Å². The molecule has 0 bridgehead atoms. The Kier molecular flexibility index (Phi) is 3.84. The lowest BCUT2D eigenvalue weighted by Gasteiger charge is -2.14. The Morgan fingerprint density at radius 1 is 1.59 bits per heavy atom. The second kappa shape index (κ2) is 5.19. The molecule has 0 N–H and O–H groups in total. The lowest BCUT2D eigenvalue weighted by Crippen LogP contribution is -2.26. The lowest BCUT2D eigenvalue weighted by atomic mass is 10.2. The molecule has 0 radical (unpaired) electrons. The molecule has 1 aromatic heterocycles. The summed E-state index contributed by atoms with van der Waals surface area (Å²) >= 11 is 5.80. The normalized spacial score (nSPS) is 15.5. The van der Waals surface area contributed by atoms with Gasteiger partial charge >= 0.3 is 0 Å². The van der Waals surface area contributed by atoms with Gasteiger partial charge in [0.2, 0.25) is 0 Å². The van der Waals surface area contributed by atoms with Crippen molar-refractivity contribution in [3.63, 3.8) is 0 Å². The Morgan fingerprint density at radius 3 is 2.88 bits per heavy atom. The molecule has 1 fully saturated rings. The summed E-state index contributed by atoms with van der Waals surface area (Å²) in [5, 5.41) is 0.247. The molecule has 94 valence electrons. The molecular formula is C12H17ClN2O2. The maximum absolute atomic E-state index is 11.8. The first-order chi connectivity index (χ1) is 8.08. The number of nitrogens with zero attached hydrogens (tertiary/aromatic N) is 2. The average molecular weight is 257 g/mol. The van der Waals surface area contributed by atoms with Gasteiger partial charge in [0.25, 0.3) is 5.56 Å². The first kappa shape index (κ1) is 12.6. The molecule has 1 aliphatic rings. The summed E-state index contributed by atoms with van der Waals surface area (Å²) in [7, 11) is 0. The van der Waals surface area contributed by atoms with Crippen LogP contribution in [-0.2, 0) is 11.5 Å². The minimum absolute atomic E-state index is 0.144. The highest BCUT2D eigenvalue weighted by Gasteiger charge is 2.21. The minimum Gasteiger partial charge on any atom is -0.360 e. The molecule has 1 aliphatic carbocycles. The van der Waals surface area contributed by atoms with Crippen molar-refractivity contribution in [1.29, 1.82) is 0 Å². The zero-order valence-electron chi connectivity index (χ0n) is 10.1. The summed E-state index contributed by atoms with van der Waals surface area (Å²) in [5.41, 5.74) is -0.149. The smallest absolute Gasteiger partial charge is 0.256 e. The van der Waals surface area contributed by atoms with Crippen molar-refractivity contribution in [3.05, 3.63) is 27.4 Å². The Balaban J connectivity index is 2.14. The van der Waals surface area contributed by atoms with Gasteiger partial charge in [0.1, 0.15) is 17.7 Å². The predicted molar refractivity (Wildman–Crippen MR) is 66.3 cm³/mol. The van der Waals surface area contributed by atoms with Crippen LogP contribution in [0.2, 0.25) is 5.15 Å². The van der Waals surface area contributed by atoms with E-state index in [9.17, 15) is 4.79 Å². The molecule has 0 saturated heterocycles. The predicted octanol–water partition coefficient (Wildman–Crippen LogP) is 2.40. The van der Waals surface area contributed by atoms with Gasteiger partial charge in [0, 0.05) is 12.0 Å². The fraction of sp³-hybridized carbons (Fsp3) is 0.667. The van der Waals surface area contributed by atoms with Gasteiger partial charge in [0.05, 0.1) is 6.61 Å². The van der Waals surface area contributed by atoms with Crippen LogP contribution >= 0.6 is 11.6 Å². The zero-order chi connectivity index (χ0) is 12.4. The van der Waals surface area contributed by atoms with Gasteiger partial charge in [0.15, 0.2) is 0 Å². The van der Waals surface area contributed by atoms with E-state index >= 15 is 0 Å². The van der Waals surface area contributed by atoms with Crippen molar-refractivity contribution in [1.82, 2.24) is 9.55 Å². The molecule has 0 unspecified atom stereocenters. The molecule has 17 heavy (non-hydrogen) atoms. The van der Waals surface area contributed by atoms with E-state index in [-0.39, 0.29) is 23.4 Å². The number of halogens is 1. The first-order valence-electron chi connectivity index (χ1n) is 5.93. The summed E-state index contributed by atoms with van der Waals surface area (Å²) in [6.45, 7) is 4.96. The van der Waals surface area contributed by atoms with Crippen molar-refractivity contribution < 1.29 is 4.74 Å². The summed E-state index contributed by atoms with van der Waals surface area (Å²) in [4.78, 5) is 16.0. The van der Waals surface area contributed by atoms with Crippen LogP contribution < -0.4 is 5.56 Å². The van der Waals surface area contributed by atoms with Crippen molar-refractivity contribution >= 4 is 11.6 Å².